The van der Waals surface area contributed by atoms with E-state index in [-0.39, 0.29) is 0 Å². The van der Waals surface area contributed by atoms with E-state index in [0.717, 1.165) is 120 Å². The summed E-state index contributed by atoms with van der Waals surface area (Å²) < 4.78 is 4.31. The molecule has 5 heterocycles. The molecule has 0 bridgehead atoms. The Balaban J connectivity index is 0.868. The molecule has 5 aromatic heterocycles. The highest BCUT2D eigenvalue weighted by molar-refractivity contribution is 7.15. The van der Waals surface area contributed by atoms with Crippen molar-refractivity contribution in [2.45, 2.75) is 6.92 Å². The van der Waals surface area contributed by atoms with Crippen LogP contribution in [0, 0.1) is 0 Å². The average molecular weight is 993 g/mol. The van der Waals surface area contributed by atoms with E-state index in [0.29, 0.717) is 11.9 Å². The molecule has 0 fully saturated rings. The van der Waals surface area contributed by atoms with Crippen LogP contribution < -0.4 is 10.6 Å². The van der Waals surface area contributed by atoms with Gasteiger partial charge in [-0.1, -0.05) is 218 Å². The third-order valence-corrected chi connectivity index (χ3v) is 15.4. The van der Waals surface area contributed by atoms with E-state index in [1.54, 1.807) is 11.3 Å². The molecule has 0 radical (unpaired) electrons. The maximum Gasteiger partial charge on any atom is 0.235 e. The molecular formula is C67H44N8S. The summed E-state index contributed by atoms with van der Waals surface area (Å²) in [5.41, 5.74) is 14.9. The predicted molar refractivity (Wildman–Crippen MR) is 314 cm³/mol. The first-order valence-electron chi connectivity index (χ1n) is 25.2. The smallest absolute Gasteiger partial charge is 0.235 e. The van der Waals surface area contributed by atoms with Gasteiger partial charge in [0, 0.05) is 54.4 Å². The number of hydrogen-bond donors (Lipinski definition) is 0. The Hall–Kier alpha value is -9.96. The molecule has 0 atom stereocenters. The Morgan fingerprint density at radius 1 is 0.408 bits per heavy atom. The third-order valence-electron chi connectivity index (χ3n) is 14.3. The van der Waals surface area contributed by atoms with Crippen molar-refractivity contribution >= 4 is 84.1 Å². The van der Waals surface area contributed by atoms with Crippen molar-refractivity contribution in [2.24, 2.45) is 0 Å². The first-order valence-corrected chi connectivity index (χ1v) is 26.1. The summed E-state index contributed by atoms with van der Waals surface area (Å²) in [6.45, 7) is 6.70. The predicted octanol–water partition coefficient (Wildman–Crippen LogP) is 15.1. The molecule has 0 saturated heterocycles. The van der Waals surface area contributed by atoms with E-state index in [2.05, 4.69) is 204 Å². The van der Waals surface area contributed by atoms with Crippen molar-refractivity contribution < 1.29 is 0 Å². The lowest BCUT2D eigenvalue weighted by Gasteiger charge is -2.12. The Kier molecular flexibility index (Phi) is 10.9. The van der Waals surface area contributed by atoms with Gasteiger partial charge in [-0.15, -0.1) is 10.2 Å². The maximum absolute atomic E-state index is 5.40. The van der Waals surface area contributed by atoms with Gasteiger partial charge in [-0.05, 0) is 65.6 Å². The minimum atomic E-state index is 0.554. The van der Waals surface area contributed by atoms with Gasteiger partial charge in [0.1, 0.15) is 10.0 Å². The number of para-hydroxylation sites is 4. The molecule has 0 saturated carbocycles. The molecule has 0 spiro atoms. The van der Waals surface area contributed by atoms with Gasteiger partial charge >= 0.3 is 0 Å². The zero-order valence-corrected chi connectivity index (χ0v) is 42.0. The summed E-state index contributed by atoms with van der Waals surface area (Å²) >= 11 is 1.55. The third kappa shape index (κ3) is 7.68. The molecule has 0 amide bonds. The summed E-state index contributed by atoms with van der Waals surface area (Å²) in [6, 6.07) is 77.9. The van der Waals surface area contributed by atoms with E-state index < -0.39 is 0 Å². The first kappa shape index (κ1) is 44.7. The highest BCUT2D eigenvalue weighted by atomic mass is 32.1. The van der Waals surface area contributed by atoms with Crippen LogP contribution >= 0.6 is 11.3 Å². The molecule has 358 valence electrons. The standard InChI is InChI=1S/C67H44N8S/c1-3-43(40-60-42(2)51-22-12-16-28-58(51)74(60)66-68-56-26-14-10-24-54(56)62(70-66)48-34-30-46(31-35-48)44-18-6-4-7-19-44)64-72-73-65(76-64)50-38-39-53-52-23-13-17-29-59(52)75(61(53)41-50)67-69-57-27-15-11-25-55(57)63(71-67)49-36-32-47(33-37-49)45-20-8-5-9-21-45/h3-41H,2H2,1H3/b43-3+,60-40+. The average Bonchev–Trinajstić information content (AvgIpc) is 4.21. The second-order valence-corrected chi connectivity index (χ2v) is 19.7. The summed E-state index contributed by atoms with van der Waals surface area (Å²) in [5.74, 6) is 1.15. The van der Waals surface area contributed by atoms with E-state index in [9.17, 15) is 0 Å². The van der Waals surface area contributed by atoms with Crippen molar-refractivity contribution in [2.75, 3.05) is 0 Å². The SMILES string of the molecule is C=c1/c(=C\C(=C/C)c2nnc(-c3ccc4c5ccccc5n(-c5nc(-c6ccc(-c7ccccc7)cc6)c6ccccc6n5)c4c3)s2)n(-c2nc(-c3ccc(-c4ccccc4)cc3)c3ccccc3n2)c2ccccc12. The molecule has 0 N–H and O–H groups in total. The minimum absolute atomic E-state index is 0.554. The quantitative estimate of drug-likeness (QED) is 0.143. The van der Waals surface area contributed by atoms with Crippen LogP contribution in [0.2, 0.25) is 0 Å². The van der Waals surface area contributed by atoms with Crippen LogP contribution in [0.4, 0.5) is 0 Å². The second kappa shape index (κ2) is 18.5. The van der Waals surface area contributed by atoms with Crippen molar-refractivity contribution in [1.29, 1.82) is 0 Å². The van der Waals surface area contributed by atoms with E-state index in [1.807, 2.05) is 55.5 Å². The van der Waals surface area contributed by atoms with Crippen LogP contribution in [0.3, 0.4) is 0 Å². The number of aromatic nitrogens is 8. The highest BCUT2D eigenvalue weighted by Crippen LogP contribution is 2.38. The van der Waals surface area contributed by atoms with Gasteiger partial charge in [-0.3, -0.25) is 9.13 Å². The van der Waals surface area contributed by atoms with Crippen LogP contribution in [0.5, 0.6) is 0 Å². The molecule has 0 aliphatic carbocycles. The van der Waals surface area contributed by atoms with E-state index in [4.69, 9.17) is 30.1 Å². The normalized spacial score (nSPS) is 12.2. The van der Waals surface area contributed by atoms with Crippen LogP contribution in [0.25, 0.3) is 140 Å². The molecule has 9 heteroatoms. The number of rotatable bonds is 9. The van der Waals surface area contributed by atoms with Gasteiger partial charge in [0.15, 0.2) is 0 Å². The second-order valence-electron chi connectivity index (χ2n) is 18.8. The molecule has 0 unspecified atom stereocenters. The lowest BCUT2D eigenvalue weighted by molar-refractivity contribution is 0.952. The fourth-order valence-electron chi connectivity index (χ4n) is 10.6. The van der Waals surface area contributed by atoms with Crippen molar-refractivity contribution in [1.82, 2.24) is 39.3 Å². The Morgan fingerprint density at radius 2 is 0.855 bits per heavy atom. The zero-order chi connectivity index (χ0) is 50.7. The molecule has 9 aromatic carbocycles. The number of allylic oxidation sites excluding steroid dienone is 2. The molecular weight excluding hydrogens is 949 g/mol. The number of nitrogens with zero attached hydrogens (tertiary/aromatic N) is 8. The van der Waals surface area contributed by atoms with Crippen LogP contribution in [0.1, 0.15) is 11.9 Å². The van der Waals surface area contributed by atoms with E-state index in [1.165, 1.54) is 11.1 Å². The molecule has 76 heavy (non-hydrogen) atoms. The summed E-state index contributed by atoms with van der Waals surface area (Å²) in [7, 11) is 0. The lowest BCUT2D eigenvalue weighted by Crippen LogP contribution is -2.28. The van der Waals surface area contributed by atoms with E-state index >= 15 is 0 Å². The van der Waals surface area contributed by atoms with Crippen LogP contribution in [0.15, 0.2) is 231 Å². The van der Waals surface area contributed by atoms with Gasteiger partial charge in [-0.2, -0.15) is 0 Å². The fraction of sp³-hybridized carbons (Fsp3) is 0.0149. The largest absolute Gasteiger partial charge is 0.278 e. The van der Waals surface area contributed by atoms with Crippen molar-refractivity contribution in [3.8, 4) is 67.2 Å². The van der Waals surface area contributed by atoms with Gasteiger partial charge in [0.25, 0.3) is 0 Å². The van der Waals surface area contributed by atoms with Crippen LogP contribution in [-0.4, -0.2) is 39.3 Å². The minimum Gasteiger partial charge on any atom is -0.278 e. The van der Waals surface area contributed by atoms with Gasteiger partial charge < -0.3 is 0 Å². The molecule has 0 aliphatic heterocycles. The number of hydrogen-bond acceptors (Lipinski definition) is 7. The zero-order valence-electron chi connectivity index (χ0n) is 41.2. The Morgan fingerprint density at radius 3 is 1.43 bits per heavy atom. The monoisotopic (exact) mass is 992 g/mol. The fourth-order valence-corrected chi connectivity index (χ4v) is 11.4. The van der Waals surface area contributed by atoms with Crippen LogP contribution in [-0.2, 0) is 0 Å². The summed E-state index contributed by atoms with van der Waals surface area (Å²) in [4.78, 5) is 21.3. The van der Waals surface area contributed by atoms with Gasteiger partial charge in [0.2, 0.25) is 11.9 Å². The highest BCUT2D eigenvalue weighted by Gasteiger charge is 2.21. The summed E-state index contributed by atoms with van der Waals surface area (Å²) in [5, 5.41) is 18.2. The first-order chi connectivity index (χ1) is 37.5. The number of fused-ring (bicyclic) bond motifs is 6. The van der Waals surface area contributed by atoms with Crippen molar-refractivity contribution in [3.63, 3.8) is 0 Å². The topological polar surface area (TPSA) is 87.2 Å². The van der Waals surface area contributed by atoms with Crippen molar-refractivity contribution in [3.05, 3.63) is 246 Å². The number of benzene rings is 9. The Labute approximate surface area is 441 Å². The summed E-state index contributed by atoms with van der Waals surface area (Å²) in [6.07, 6.45) is 4.22. The molecule has 14 rings (SSSR count). The molecule has 8 nitrogen and oxygen atoms in total. The molecule has 0 aliphatic rings. The maximum atomic E-state index is 5.40. The molecule has 14 aromatic rings. The van der Waals surface area contributed by atoms with Gasteiger partial charge in [0.05, 0.1) is 44.3 Å². The lowest BCUT2D eigenvalue weighted by atomic mass is 10.0. The van der Waals surface area contributed by atoms with Gasteiger partial charge in [-0.25, -0.2) is 19.9 Å². The Bertz CT molecular complexity index is 4710.